The molecule has 142 valence electrons. The lowest BCUT2D eigenvalue weighted by molar-refractivity contribution is -0.146. The second kappa shape index (κ2) is 6.72. The Hall–Kier alpha value is -2.83. The van der Waals surface area contributed by atoms with Crippen LogP contribution in [0.15, 0.2) is 30.4 Å². The zero-order valence-corrected chi connectivity index (χ0v) is 15.1. The molecule has 1 saturated carbocycles. The van der Waals surface area contributed by atoms with E-state index in [0.29, 0.717) is 36.5 Å². The second-order valence-corrected chi connectivity index (χ2v) is 7.36. The van der Waals surface area contributed by atoms with Crippen molar-refractivity contribution in [2.24, 2.45) is 23.7 Å². The van der Waals surface area contributed by atoms with Gasteiger partial charge in [-0.25, -0.2) is 0 Å². The Bertz CT molecular complexity index is 834. The van der Waals surface area contributed by atoms with Crippen molar-refractivity contribution in [3.8, 4) is 5.75 Å². The Morgan fingerprint density at radius 2 is 1.96 bits per heavy atom. The van der Waals surface area contributed by atoms with Crippen molar-refractivity contribution in [1.82, 2.24) is 0 Å². The van der Waals surface area contributed by atoms with Gasteiger partial charge in [-0.1, -0.05) is 12.2 Å². The van der Waals surface area contributed by atoms with Gasteiger partial charge in [0.05, 0.1) is 24.6 Å². The van der Waals surface area contributed by atoms with Crippen molar-refractivity contribution in [2.45, 2.75) is 19.3 Å². The Kier molecular flexibility index (Phi) is 4.37. The van der Waals surface area contributed by atoms with Crippen molar-refractivity contribution < 1.29 is 24.2 Å². The van der Waals surface area contributed by atoms with Gasteiger partial charge in [0.1, 0.15) is 5.75 Å². The topological polar surface area (TPSA) is 95.9 Å². The fourth-order valence-electron chi connectivity index (χ4n) is 4.62. The van der Waals surface area contributed by atoms with Gasteiger partial charge < -0.3 is 20.1 Å². The normalized spacial score (nSPS) is 28.6. The molecule has 0 radical (unpaired) electrons. The number of carboxylic acids is 1. The van der Waals surface area contributed by atoms with Gasteiger partial charge in [0.2, 0.25) is 11.8 Å². The maximum atomic E-state index is 12.9. The molecule has 7 nitrogen and oxygen atoms in total. The zero-order chi connectivity index (χ0) is 19.1. The highest BCUT2D eigenvalue weighted by Crippen LogP contribution is 2.48. The van der Waals surface area contributed by atoms with Gasteiger partial charge in [-0.2, -0.15) is 0 Å². The number of allylic oxidation sites excluding steroid dienone is 2. The lowest BCUT2D eigenvalue weighted by Gasteiger charge is -2.24. The summed E-state index contributed by atoms with van der Waals surface area (Å²) in [7, 11) is 1.54. The first-order valence-electron chi connectivity index (χ1n) is 9.20. The average molecular weight is 370 g/mol. The van der Waals surface area contributed by atoms with E-state index in [-0.39, 0.29) is 23.7 Å². The molecule has 3 aliphatic rings. The van der Waals surface area contributed by atoms with E-state index in [1.165, 1.54) is 7.11 Å². The monoisotopic (exact) mass is 370 g/mol. The van der Waals surface area contributed by atoms with Crippen molar-refractivity contribution >= 4 is 29.2 Å². The molecule has 1 aromatic rings. The van der Waals surface area contributed by atoms with Crippen LogP contribution in [0.3, 0.4) is 0 Å². The number of carbonyl (C=O) groups is 3. The number of benzene rings is 1. The molecular weight excluding hydrogens is 348 g/mol. The third-order valence-electron chi connectivity index (χ3n) is 5.86. The first-order chi connectivity index (χ1) is 13.0. The summed E-state index contributed by atoms with van der Waals surface area (Å²) in [4.78, 5) is 38.2. The smallest absolute Gasteiger partial charge is 0.307 e. The molecular formula is C20H22N2O5. The Morgan fingerprint density at radius 3 is 2.59 bits per heavy atom. The molecule has 2 bridgehead atoms. The molecule has 2 fully saturated rings. The highest BCUT2D eigenvalue weighted by atomic mass is 16.5. The molecule has 0 aromatic heterocycles. The van der Waals surface area contributed by atoms with E-state index in [1.807, 2.05) is 12.2 Å². The quantitative estimate of drug-likeness (QED) is 0.775. The largest absolute Gasteiger partial charge is 0.495 e. The molecule has 1 saturated heterocycles. The second-order valence-electron chi connectivity index (χ2n) is 7.36. The van der Waals surface area contributed by atoms with Crippen LogP contribution in [0.25, 0.3) is 0 Å². The van der Waals surface area contributed by atoms with Crippen LogP contribution in [0.1, 0.15) is 19.3 Å². The van der Waals surface area contributed by atoms with E-state index in [4.69, 9.17) is 4.74 Å². The minimum atomic E-state index is -0.926. The summed E-state index contributed by atoms with van der Waals surface area (Å²) in [6.07, 6.45) is 5.87. The summed E-state index contributed by atoms with van der Waals surface area (Å²) in [5.74, 6) is -1.98. The van der Waals surface area contributed by atoms with Crippen molar-refractivity contribution in [1.29, 1.82) is 0 Å². The summed E-state index contributed by atoms with van der Waals surface area (Å²) < 4.78 is 5.36. The van der Waals surface area contributed by atoms with Crippen LogP contribution >= 0.6 is 0 Å². The number of rotatable bonds is 5. The van der Waals surface area contributed by atoms with Crippen molar-refractivity contribution in [3.05, 3.63) is 30.4 Å². The van der Waals surface area contributed by atoms with Gasteiger partial charge in [0.15, 0.2) is 0 Å². The highest BCUT2D eigenvalue weighted by molar-refractivity contribution is 6.00. The SMILES string of the molecule is COc1ccc(NC(=O)[C@@H]2[C@@H](C(=O)O)[C@H]3C=C[C@H]2C3)cc1N1CCCC1=O. The number of carboxylic acid groups (broad SMARTS) is 1. The predicted molar refractivity (Wildman–Crippen MR) is 98.6 cm³/mol. The van der Waals surface area contributed by atoms with Crippen molar-refractivity contribution in [2.75, 3.05) is 23.9 Å². The lowest BCUT2D eigenvalue weighted by atomic mass is 9.82. The maximum absolute atomic E-state index is 12.9. The number of ether oxygens (including phenoxy) is 1. The molecule has 2 aliphatic carbocycles. The first-order valence-corrected chi connectivity index (χ1v) is 9.20. The lowest BCUT2D eigenvalue weighted by Crippen LogP contribution is -2.36. The van der Waals surface area contributed by atoms with Crippen LogP contribution in [0.2, 0.25) is 0 Å². The fraction of sp³-hybridized carbons (Fsp3) is 0.450. The van der Waals surface area contributed by atoms with Gasteiger partial charge in [-0.3, -0.25) is 14.4 Å². The molecule has 27 heavy (non-hydrogen) atoms. The zero-order valence-electron chi connectivity index (χ0n) is 15.1. The molecule has 7 heteroatoms. The fourth-order valence-corrected chi connectivity index (χ4v) is 4.62. The van der Waals surface area contributed by atoms with Crippen molar-refractivity contribution in [3.63, 3.8) is 0 Å². The standard InChI is InChI=1S/C20H22N2O5/c1-27-15-7-6-13(10-14(15)22-8-2-3-16(22)23)21-19(24)17-11-4-5-12(9-11)18(17)20(25)26/h4-7,10-12,17-18H,2-3,8-9H2,1H3,(H,21,24)(H,25,26)/t11-,12-,17-,18-/m0/s1. The van der Waals surface area contributed by atoms with Gasteiger partial charge in [0.25, 0.3) is 0 Å². The summed E-state index contributed by atoms with van der Waals surface area (Å²) in [5, 5.41) is 12.4. The van der Waals surface area contributed by atoms with E-state index in [1.54, 1.807) is 23.1 Å². The van der Waals surface area contributed by atoms with Crippen LogP contribution in [0.5, 0.6) is 5.75 Å². The highest BCUT2D eigenvalue weighted by Gasteiger charge is 2.51. The third kappa shape index (κ3) is 2.97. The van der Waals surface area contributed by atoms with Crippen LogP contribution in [-0.4, -0.2) is 36.5 Å². The van der Waals surface area contributed by atoms with E-state index >= 15 is 0 Å². The molecule has 1 aromatic carbocycles. The van der Waals surface area contributed by atoms with Crippen LogP contribution in [0, 0.1) is 23.7 Å². The summed E-state index contributed by atoms with van der Waals surface area (Å²) >= 11 is 0. The molecule has 4 rings (SSSR count). The summed E-state index contributed by atoms with van der Waals surface area (Å²) in [6.45, 7) is 0.616. The van der Waals surface area contributed by atoms with E-state index in [2.05, 4.69) is 5.32 Å². The summed E-state index contributed by atoms with van der Waals surface area (Å²) in [5.41, 5.74) is 1.16. The molecule has 4 atom stereocenters. The number of hydrogen-bond donors (Lipinski definition) is 2. The number of methoxy groups -OCH3 is 1. The number of carbonyl (C=O) groups excluding carboxylic acids is 2. The minimum Gasteiger partial charge on any atom is -0.495 e. The van der Waals surface area contributed by atoms with Crippen LogP contribution in [-0.2, 0) is 14.4 Å². The molecule has 0 unspecified atom stereocenters. The Labute approximate surface area is 157 Å². The van der Waals surface area contributed by atoms with E-state index < -0.39 is 17.8 Å². The van der Waals surface area contributed by atoms with Gasteiger partial charge in [-0.15, -0.1) is 0 Å². The van der Waals surface area contributed by atoms with E-state index in [9.17, 15) is 19.5 Å². The van der Waals surface area contributed by atoms with Gasteiger partial charge >= 0.3 is 5.97 Å². The number of amides is 2. The molecule has 0 spiro atoms. The molecule has 1 heterocycles. The number of hydrogen-bond acceptors (Lipinski definition) is 4. The van der Waals surface area contributed by atoms with E-state index in [0.717, 1.165) is 6.42 Å². The average Bonchev–Trinajstić information content (AvgIpc) is 3.36. The number of nitrogens with zero attached hydrogens (tertiary/aromatic N) is 1. The summed E-state index contributed by atoms with van der Waals surface area (Å²) in [6, 6.07) is 5.14. The number of aliphatic carboxylic acids is 1. The predicted octanol–water partition coefficient (Wildman–Crippen LogP) is 2.28. The van der Waals surface area contributed by atoms with Gasteiger partial charge in [0, 0.05) is 18.7 Å². The molecule has 2 N–H and O–H groups in total. The Morgan fingerprint density at radius 1 is 1.22 bits per heavy atom. The first kappa shape index (κ1) is 17.6. The maximum Gasteiger partial charge on any atom is 0.307 e. The Balaban J connectivity index is 1.57. The molecule has 1 aliphatic heterocycles. The van der Waals surface area contributed by atoms with Crippen LogP contribution < -0.4 is 15.0 Å². The van der Waals surface area contributed by atoms with Gasteiger partial charge in [-0.05, 0) is 42.9 Å². The molecule has 2 amide bonds. The minimum absolute atomic E-state index is 0.0287. The van der Waals surface area contributed by atoms with Crippen LogP contribution in [0.4, 0.5) is 11.4 Å². The third-order valence-corrected chi connectivity index (χ3v) is 5.86. The number of fused-ring (bicyclic) bond motifs is 2. The number of anilines is 2. The number of nitrogens with one attached hydrogen (secondary N) is 1.